The molecule has 1 aliphatic carbocycles. The number of nitrogens with one attached hydrogen (secondary N) is 1. The zero-order valence-electron chi connectivity index (χ0n) is 11.9. The molecule has 1 fully saturated rings. The first-order chi connectivity index (χ1) is 9.67. The summed E-state index contributed by atoms with van der Waals surface area (Å²) in [6.07, 6.45) is 2.75. The van der Waals surface area contributed by atoms with E-state index in [1.54, 1.807) is 0 Å². The monoisotopic (exact) mass is 349 g/mol. The van der Waals surface area contributed by atoms with Crippen molar-refractivity contribution in [3.63, 3.8) is 0 Å². The van der Waals surface area contributed by atoms with Gasteiger partial charge in [0.25, 0.3) is 0 Å². The van der Waals surface area contributed by atoms with Crippen molar-refractivity contribution in [2.45, 2.75) is 32.7 Å². The summed E-state index contributed by atoms with van der Waals surface area (Å²) >= 11 is 5.53. The fraction of sp³-hybridized carbons (Fsp3) is 0.412. The van der Waals surface area contributed by atoms with Gasteiger partial charge in [-0.15, -0.1) is 11.3 Å². The Morgan fingerprint density at radius 3 is 2.75 bits per heavy atom. The van der Waals surface area contributed by atoms with Gasteiger partial charge in [-0.1, -0.05) is 28.9 Å². The van der Waals surface area contributed by atoms with Crippen molar-refractivity contribution in [1.82, 2.24) is 5.32 Å². The molecule has 3 rings (SSSR count). The van der Waals surface area contributed by atoms with Crippen LogP contribution in [0.4, 0.5) is 0 Å². The molecule has 0 amide bonds. The molecule has 1 aromatic carbocycles. The summed E-state index contributed by atoms with van der Waals surface area (Å²) in [6, 6.07) is 11.8. The topological polar surface area (TPSA) is 12.0 Å². The third-order valence-electron chi connectivity index (χ3n) is 3.78. The molecule has 20 heavy (non-hydrogen) atoms. The van der Waals surface area contributed by atoms with E-state index in [1.807, 2.05) is 11.3 Å². The van der Waals surface area contributed by atoms with Crippen molar-refractivity contribution in [3.8, 4) is 10.4 Å². The molecule has 1 aromatic heterocycles. The number of benzene rings is 1. The van der Waals surface area contributed by atoms with Crippen LogP contribution in [0.2, 0.25) is 0 Å². The lowest BCUT2D eigenvalue weighted by molar-refractivity contribution is 0.504. The average molecular weight is 350 g/mol. The van der Waals surface area contributed by atoms with Gasteiger partial charge in [-0.25, -0.2) is 0 Å². The molecule has 0 aliphatic heterocycles. The third kappa shape index (κ3) is 3.16. The van der Waals surface area contributed by atoms with Crippen molar-refractivity contribution < 1.29 is 0 Å². The summed E-state index contributed by atoms with van der Waals surface area (Å²) in [5.74, 6) is 0.852. The molecule has 3 heteroatoms. The Morgan fingerprint density at radius 1 is 1.30 bits per heavy atom. The standard InChI is InChI=1S/C17H20BrNS/c1-3-19-17(12-4-5-12)16-7-6-15(20-16)13-8-11(2)9-14(18)10-13/h6-10,12,17,19H,3-5H2,1-2H3. The Kier molecular flexibility index (Phi) is 4.29. The maximum Gasteiger partial charge on any atom is 0.0443 e. The van der Waals surface area contributed by atoms with Crippen LogP contribution in [0.3, 0.4) is 0 Å². The molecule has 1 aliphatic rings. The Bertz CT molecular complexity index is 581. The molecule has 0 saturated heterocycles. The normalized spacial score (nSPS) is 16.4. The summed E-state index contributed by atoms with van der Waals surface area (Å²) in [6.45, 7) is 5.39. The first-order valence-corrected chi connectivity index (χ1v) is 8.89. The Balaban J connectivity index is 1.88. The van der Waals surface area contributed by atoms with E-state index in [0.29, 0.717) is 6.04 Å². The fourth-order valence-electron chi connectivity index (χ4n) is 2.70. The SMILES string of the molecule is CCNC(c1ccc(-c2cc(C)cc(Br)c2)s1)C1CC1. The van der Waals surface area contributed by atoms with Gasteiger partial charge in [0.15, 0.2) is 0 Å². The Labute approximate surface area is 133 Å². The number of rotatable bonds is 5. The van der Waals surface area contributed by atoms with Gasteiger partial charge >= 0.3 is 0 Å². The number of hydrogen-bond donors (Lipinski definition) is 1. The molecule has 1 atom stereocenters. The molecule has 1 saturated carbocycles. The van der Waals surface area contributed by atoms with Gasteiger partial charge in [0, 0.05) is 20.3 Å². The van der Waals surface area contributed by atoms with Crippen LogP contribution in [-0.4, -0.2) is 6.54 Å². The smallest absolute Gasteiger partial charge is 0.0443 e. The molecule has 1 unspecified atom stereocenters. The molecule has 106 valence electrons. The lowest BCUT2D eigenvalue weighted by atomic mass is 10.1. The quantitative estimate of drug-likeness (QED) is 0.746. The highest BCUT2D eigenvalue weighted by molar-refractivity contribution is 9.10. The summed E-state index contributed by atoms with van der Waals surface area (Å²) in [5.41, 5.74) is 2.62. The minimum atomic E-state index is 0.562. The highest BCUT2D eigenvalue weighted by atomic mass is 79.9. The van der Waals surface area contributed by atoms with Crippen LogP contribution in [0.25, 0.3) is 10.4 Å². The lowest BCUT2D eigenvalue weighted by Crippen LogP contribution is -2.21. The van der Waals surface area contributed by atoms with E-state index >= 15 is 0 Å². The first kappa shape index (κ1) is 14.3. The Morgan fingerprint density at radius 2 is 2.10 bits per heavy atom. The largest absolute Gasteiger partial charge is 0.309 e. The van der Waals surface area contributed by atoms with Crippen molar-refractivity contribution in [1.29, 1.82) is 0 Å². The maximum absolute atomic E-state index is 3.65. The van der Waals surface area contributed by atoms with Crippen molar-refractivity contribution in [2.24, 2.45) is 5.92 Å². The molecule has 0 spiro atoms. The van der Waals surface area contributed by atoms with E-state index in [1.165, 1.54) is 33.7 Å². The molecule has 0 bridgehead atoms. The van der Waals surface area contributed by atoms with Crippen LogP contribution in [0.5, 0.6) is 0 Å². The van der Waals surface area contributed by atoms with Crippen LogP contribution >= 0.6 is 27.3 Å². The maximum atomic E-state index is 3.65. The summed E-state index contributed by atoms with van der Waals surface area (Å²) in [4.78, 5) is 2.86. The number of aryl methyl sites for hydroxylation is 1. The molecular weight excluding hydrogens is 330 g/mol. The highest BCUT2D eigenvalue weighted by Gasteiger charge is 2.32. The highest BCUT2D eigenvalue weighted by Crippen LogP contribution is 2.44. The summed E-state index contributed by atoms with van der Waals surface area (Å²) in [7, 11) is 0. The van der Waals surface area contributed by atoms with Crippen molar-refractivity contribution >= 4 is 27.3 Å². The van der Waals surface area contributed by atoms with E-state index in [9.17, 15) is 0 Å². The van der Waals surface area contributed by atoms with Gasteiger partial charge in [0.1, 0.15) is 0 Å². The van der Waals surface area contributed by atoms with Gasteiger partial charge in [-0.2, -0.15) is 0 Å². The average Bonchev–Trinajstić information content (AvgIpc) is 3.11. The van der Waals surface area contributed by atoms with Crippen LogP contribution in [0.1, 0.15) is 36.2 Å². The molecular formula is C17H20BrNS. The number of halogens is 1. The number of hydrogen-bond acceptors (Lipinski definition) is 2. The minimum absolute atomic E-state index is 0.562. The molecule has 1 N–H and O–H groups in total. The molecule has 1 heterocycles. The van der Waals surface area contributed by atoms with Gasteiger partial charge in [0.2, 0.25) is 0 Å². The van der Waals surface area contributed by atoms with Crippen LogP contribution in [0.15, 0.2) is 34.8 Å². The van der Waals surface area contributed by atoms with E-state index in [2.05, 4.69) is 65.4 Å². The lowest BCUT2D eigenvalue weighted by Gasteiger charge is -2.15. The summed E-state index contributed by atoms with van der Waals surface area (Å²) in [5, 5.41) is 3.65. The third-order valence-corrected chi connectivity index (χ3v) is 5.45. The van der Waals surface area contributed by atoms with Crippen LogP contribution < -0.4 is 5.32 Å². The first-order valence-electron chi connectivity index (χ1n) is 7.28. The second-order valence-corrected chi connectivity index (χ2v) is 7.62. The van der Waals surface area contributed by atoms with E-state index in [0.717, 1.165) is 16.9 Å². The second kappa shape index (κ2) is 6.00. The number of thiophene rings is 1. The molecule has 1 nitrogen and oxygen atoms in total. The van der Waals surface area contributed by atoms with E-state index in [4.69, 9.17) is 0 Å². The van der Waals surface area contributed by atoms with Gasteiger partial charge in [-0.05, 0) is 67.6 Å². The molecule has 2 aromatic rings. The minimum Gasteiger partial charge on any atom is -0.309 e. The van der Waals surface area contributed by atoms with Gasteiger partial charge < -0.3 is 5.32 Å². The van der Waals surface area contributed by atoms with Crippen molar-refractivity contribution in [3.05, 3.63) is 45.2 Å². The second-order valence-electron chi connectivity index (χ2n) is 5.59. The van der Waals surface area contributed by atoms with Crippen LogP contribution in [0, 0.1) is 12.8 Å². The van der Waals surface area contributed by atoms with Crippen molar-refractivity contribution in [2.75, 3.05) is 6.54 Å². The zero-order chi connectivity index (χ0) is 14.1. The van der Waals surface area contributed by atoms with Gasteiger partial charge in [0.05, 0.1) is 0 Å². The molecule has 0 radical (unpaired) electrons. The van der Waals surface area contributed by atoms with Gasteiger partial charge in [-0.3, -0.25) is 0 Å². The fourth-order valence-corrected chi connectivity index (χ4v) is 4.48. The van der Waals surface area contributed by atoms with E-state index < -0.39 is 0 Å². The van der Waals surface area contributed by atoms with E-state index in [-0.39, 0.29) is 0 Å². The predicted octanol–water partition coefficient (Wildman–Crippen LogP) is 5.55. The summed E-state index contributed by atoms with van der Waals surface area (Å²) < 4.78 is 1.16. The zero-order valence-corrected chi connectivity index (χ0v) is 14.4. The van der Waals surface area contributed by atoms with Crippen LogP contribution in [-0.2, 0) is 0 Å². The Hall–Kier alpha value is -0.640. The predicted molar refractivity (Wildman–Crippen MR) is 91.3 cm³/mol.